The Kier molecular flexibility index (Phi) is 10.2. The number of carbonyl (C=O) groups is 3. The van der Waals surface area contributed by atoms with Crippen molar-refractivity contribution in [3.8, 4) is 0 Å². The number of nitrogens with zero attached hydrogens (tertiary/aromatic N) is 3. The van der Waals surface area contributed by atoms with E-state index in [9.17, 15) is 14.4 Å². The third kappa shape index (κ3) is 8.02. The van der Waals surface area contributed by atoms with Crippen LogP contribution in [0.3, 0.4) is 0 Å². The summed E-state index contributed by atoms with van der Waals surface area (Å²) in [5.74, 6) is -0.667. The van der Waals surface area contributed by atoms with Crippen LogP contribution in [0.5, 0.6) is 0 Å². The van der Waals surface area contributed by atoms with E-state index in [0.29, 0.717) is 16.6 Å². The van der Waals surface area contributed by atoms with Gasteiger partial charge in [0, 0.05) is 35.8 Å². The molecule has 9 nitrogen and oxygen atoms in total. The smallest absolute Gasteiger partial charge is 0.435 e. The zero-order valence-corrected chi connectivity index (χ0v) is 27.0. The molecule has 2 heterocycles. The van der Waals surface area contributed by atoms with Gasteiger partial charge < -0.3 is 19.7 Å². The number of ether oxygens (including phenoxy) is 2. The second-order valence-corrected chi connectivity index (χ2v) is 12.4. The van der Waals surface area contributed by atoms with E-state index >= 15 is 0 Å². The van der Waals surface area contributed by atoms with Gasteiger partial charge in [0.05, 0.1) is 30.3 Å². The number of para-hydroxylation sites is 1. The highest BCUT2D eigenvalue weighted by Crippen LogP contribution is 2.33. The van der Waals surface area contributed by atoms with Crippen LogP contribution in [0.2, 0.25) is 0 Å². The fraction of sp³-hybridized carbons (Fsp3) is 0.351. The van der Waals surface area contributed by atoms with Gasteiger partial charge in [-0.25, -0.2) is 9.59 Å². The van der Waals surface area contributed by atoms with E-state index in [1.807, 2.05) is 48.5 Å². The van der Waals surface area contributed by atoms with Crippen LogP contribution in [0.25, 0.3) is 17.0 Å². The third-order valence-corrected chi connectivity index (χ3v) is 7.75. The average Bonchev–Trinajstić information content (AvgIpc) is 3.41. The van der Waals surface area contributed by atoms with Crippen molar-refractivity contribution < 1.29 is 23.9 Å². The van der Waals surface area contributed by atoms with E-state index < -0.39 is 17.7 Å². The third-order valence-electron chi connectivity index (χ3n) is 7.75. The highest BCUT2D eigenvalue weighted by atomic mass is 16.6. The first-order valence-corrected chi connectivity index (χ1v) is 15.9. The number of carbonyl (C=O) groups excluding carboxylic acids is 3. The van der Waals surface area contributed by atoms with Crippen LogP contribution in [0, 0.1) is 0 Å². The lowest BCUT2D eigenvalue weighted by Gasteiger charge is -2.33. The molecule has 240 valence electrons. The minimum Gasteiger partial charge on any atom is -0.463 e. The van der Waals surface area contributed by atoms with E-state index in [4.69, 9.17) is 9.47 Å². The Morgan fingerprint density at radius 2 is 1.67 bits per heavy atom. The molecular weight excluding hydrogens is 580 g/mol. The lowest BCUT2D eigenvalue weighted by molar-refractivity contribution is -0.137. The summed E-state index contributed by atoms with van der Waals surface area (Å²) < 4.78 is 11.8. The minimum atomic E-state index is -0.726. The molecule has 1 fully saturated rings. The van der Waals surface area contributed by atoms with Gasteiger partial charge in [-0.15, -0.1) is 0 Å². The maximum absolute atomic E-state index is 13.7. The fourth-order valence-electron chi connectivity index (χ4n) is 5.74. The van der Waals surface area contributed by atoms with Gasteiger partial charge >= 0.3 is 12.1 Å². The summed E-state index contributed by atoms with van der Waals surface area (Å²) in [4.78, 5) is 41.2. The Morgan fingerprint density at radius 1 is 0.957 bits per heavy atom. The molecule has 0 bridgehead atoms. The Balaban J connectivity index is 1.45. The van der Waals surface area contributed by atoms with E-state index in [0.717, 1.165) is 48.3 Å². The van der Waals surface area contributed by atoms with Crippen molar-refractivity contribution in [2.45, 2.75) is 65.0 Å². The summed E-state index contributed by atoms with van der Waals surface area (Å²) in [6.07, 6.45) is 5.78. The van der Waals surface area contributed by atoms with Crippen LogP contribution in [-0.2, 0) is 25.5 Å². The SMILES string of the molecule is CCOC(=O)C=Cc1nn(C(=O)OC(C)(C)C)c2ccc(CC(=O)NC(c3ccccc3)c3ccccc3N3CCCCC3)cc12. The molecule has 5 rings (SSSR count). The molecule has 0 radical (unpaired) electrons. The summed E-state index contributed by atoms with van der Waals surface area (Å²) in [6, 6.07) is 23.4. The molecule has 0 spiro atoms. The Hall–Kier alpha value is -4.92. The summed E-state index contributed by atoms with van der Waals surface area (Å²) in [6.45, 7) is 9.30. The molecule has 1 amide bonds. The minimum absolute atomic E-state index is 0.101. The normalized spacial score (nSPS) is 14.3. The van der Waals surface area contributed by atoms with Gasteiger partial charge in [0.25, 0.3) is 0 Å². The number of hydrogen-bond donors (Lipinski definition) is 1. The molecule has 1 saturated heterocycles. The maximum Gasteiger partial charge on any atom is 0.435 e. The van der Waals surface area contributed by atoms with Crippen LogP contribution in [0.15, 0.2) is 78.9 Å². The van der Waals surface area contributed by atoms with Crippen LogP contribution in [-0.4, -0.2) is 53.0 Å². The topological polar surface area (TPSA) is 103 Å². The number of hydrogen-bond acceptors (Lipinski definition) is 7. The number of benzene rings is 3. The van der Waals surface area contributed by atoms with E-state index in [-0.39, 0.29) is 25.0 Å². The van der Waals surface area contributed by atoms with Gasteiger partial charge in [-0.05, 0) is 82.4 Å². The largest absolute Gasteiger partial charge is 0.463 e. The maximum atomic E-state index is 13.7. The van der Waals surface area contributed by atoms with Crippen molar-refractivity contribution in [2.24, 2.45) is 0 Å². The van der Waals surface area contributed by atoms with E-state index in [1.54, 1.807) is 33.8 Å². The van der Waals surface area contributed by atoms with Gasteiger partial charge in [0.1, 0.15) is 5.60 Å². The first kappa shape index (κ1) is 32.5. The number of nitrogens with one attached hydrogen (secondary N) is 1. The van der Waals surface area contributed by atoms with Crippen molar-refractivity contribution >= 4 is 40.6 Å². The van der Waals surface area contributed by atoms with Gasteiger partial charge in [-0.1, -0.05) is 54.6 Å². The van der Waals surface area contributed by atoms with Crippen molar-refractivity contribution in [1.29, 1.82) is 0 Å². The average molecular weight is 623 g/mol. The molecule has 0 aliphatic carbocycles. The van der Waals surface area contributed by atoms with Crippen LogP contribution < -0.4 is 10.2 Å². The Bertz CT molecular complexity index is 1710. The number of piperidine rings is 1. The molecule has 4 aromatic rings. The van der Waals surface area contributed by atoms with Gasteiger partial charge in [-0.2, -0.15) is 9.78 Å². The summed E-state index contributed by atoms with van der Waals surface area (Å²) in [5, 5.41) is 8.36. The summed E-state index contributed by atoms with van der Waals surface area (Å²) >= 11 is 0. The number of rotatable bonds is 9. The van der Waals surface area contributed by atoms with Crippen molar-refractivity contribution in [2.75, 3.05) is 24.6 Å². The number of anilines is 1. The molecular formula is C37H42N4O5. The molecule has 1 atom stereocenters. The first-order valence-electron chi connectivity index (χ1n) is 15.9. The zero-order chi connectivity index (χ0) is 32.7. The molecule has 1 aliphatic heterocycles. The van der Waals surface area contributed by atoms with Gasteiger partial charge in [0.2, 0.25) is 5.91 Å². The molecule has 0 saturated carbocycles. The Morgan fingerprint density at radius 3 is 2.39 bits per heavy atom. The molecule has 46 heavy (non-hydrogen) atoms. The summed E-state index contributed by atoms with van der Waals surface area (Å²) in [7, 11) is 0. The lowest BCUT2D eigenvalue weighted by Crippen LogP contribution is -2.34. The van der Waals surface area contributed by atoms with Gasteiger partial charge in [-0.3, -0.25) is 4.79 Å². The lowest BCUT2D eigenvalue weighted by atomic mass is 9.95. The highest BCUT2D eigenvalue weighted by molar-refractivity contribution is 5.96. The number of fused-ring (bicyclic) bond motifs is 1. The van der Waals surface area contributed by atoms with Gasteiger partial charge in [0.15, 0.2) is 0 Å². The number of aromatic nitrogens is 2. The Labute approximate surface area is 270 Å². The monoisotopic (exact) mass is 622 g/mol. The fourth-order valence-corrected chi connectivity index (χ4v) is 5.74. The van der Waals surface area contributed by atoms with E-state index in [1.165, 1.54) is 23.3 Å². The number of esters is 1. The zero-order valence-electron chi connectivity index (χ0n) is 27.0. The second kappa shape index (κ2) is 14.5. The van der Waals surface area contributed by atoms with Crippen molar-refractivity contribution in [3.63, 3.8) is 0 Å². The molecule has 1 unspecified atom stereocenters. The van der Waals surface area contributed by atoms with Crippen molar-refractivity contribution in [1.82, 2.24) is 15.1 Å². The predicted octanol–water partition coefficient (Wildman–Crippen LogP) is 6.83. The summed E-state index contributed by atoms with van der Waals surface area (Å²) in [5.41, 5.74) is 4.09. The molecule has 9 heteroatoms. The highest BCUT2D eigenvalue weighted by Gasteiger charge is 2.25. The van der Waals surface area contributed by atoms with Crippen LogP contribution >= 0.6 is 0 Å². The van der Waals surface area contributed by atoms with Crippen LogP contribution in [0.1, 0.15) is 75.4 Å². The standard InChI is InChI=1S/C37H42N4O5/c1-5-45-34(43)21-19-30-29-24-26(18-20-32(29)41(39-30)36(44)46-37(2,3)4)25-33(42)38-35(27-14-8-6-9-15-27)28-16-10-11-17-31(28)40-22-12-7-13-23-40/h6,8-11,14-21,24,35H,5,7,12-13,22-23,25H2,1-4H3,(H,38,42). The second-order valence-electron chi connectivity index (χ2n) is 12.4. The van der Waals surface area contributed by atoms with E-state index in [2.05, 4.69) is 33.5 Å². The molecule has 1 aliphatic rings. The molecule has 1 aromatic heterocycles. The number of amides is 1. The molecule has 3 aromatic carbocycles. The quantitative estimate of drug-likeness (QED) is 0.161. The molecule has 1 N–H and O–H groups in total. The van der Waals surface area contributed by atoms with Crippen LogP contribution in [0.4, 0.5) is 10.5 Å². The van der Waals surface area contributed by atoms with Crippen molar-refractivity contribution in [3.05, 3.63) is 101 Å². The first-order chi connectivity index (χ1) is 22.1. The predicted molar refractivity (Wildman–Crippen MR) is 180 cm³/mol.